The summed E-state index contributed by atoms with van der Waals surface area (Å²) in [6.07, 6.45) is 5.17. The first-order chi connectivity index (χ1) is 17.5. The monoisotopic (exact) mass is 529 g/mol. The molecule has 194 valence electrons. The molecule has 0 amide bonds. The number of hydrogen-bond acceptors (Lipinski definition) is 7. The van der Waals surface area contributed by atoms with Crippen LogP contribution in [0.15, 0.2) is 59.3 Å². The lowest BCUT2D eigenvalue weighted by Crippen LogP contribution is -2.44. The molecular formula is C28H35NO5S2. The minimum absolute atomic E-state index is 0.0907. The lowest BCUT2D eigenvalue weighted by Gasteiger charge is -2.38. The van der Waals surface area contributed by atoms with Gasteiger partial charge in [0.1, 0.15) is 5.75 Å². The number of aliphatic carboxylic acids is 1. The van der Waals surface area contributed by atoms with Crippen molar-refractivity contribution in [2.75, 3.05) is 26.8 Å². The predicted molar refractivity (Wildman–Crippen MR) is 144 cm³/mol. The molecule has 0 unspecified atom stereocenters. The van der Waals surface area contributed by atoms with Crippen LogP contribution in [0.1, 0.15) is 47.4 Å². The van der Waals surface area contributed by atoms with E-state index in [-0.39, 0.29) is 12.7 Å². The number of nitrogens with zero attached hydrogens (tertiary/aromatic N) is 1. The van der Waals surface area contributed by atoms with Gasteiger partial charge in [-0.25, -0.2) is 4.79 Å². The molecular weight excluding hydrogens is 494 g/mol. The lowest BCUT2D eigenvalue weighted by atomic mass is 9.90. The highest BCUT2D eigenvalue weighted by molar-refractivity contribution is 7.12. The second-order valence-corrected chi connectivity index (χ2v) is 11.2. The number of benzene rings is 1. The Bertz CT molecular complexity index is 1010. The summed E-state index contributed by atoms with van der Waals surface area (Å²) >= 11 is 2.87. The molecule has 1 aliphatic carbocycles. The molecule has 1 fully saturated rings. The van der Waals surface area contributed by atoms with Gasteiger partial charge >= 0.3 is 5.97 Å². The Morgan fingerprint density at radius 2 is 1.67 bits per heavy atom. The van der Waals surface area contributed by atoms with Crippen LogP contribution in [0, 0.1) is 0 Å². The maximum Gasteiger partial charge on any atom is 0.347 e. The van der Waals surface area contributed by atoms with Crippen LogP contribution in [0.3, 0.4) is 0 Å². The van der Waals surface area contributed by atoms with E-state index in [9.17, 15) is 9.90 Å². The van der Waals surface area contributed by atoms with E-state index in [1.165, 1.54) is 22.7 Å². The van der Waals surface area contributed by atoms with E-state index in [1.54, 1.807) is 0 Å². The normalized spacial score (nSPS) is 18.4. The van der Waals surface area contributed by atoms with Crippen LogP contribution in [0.4, 0.5) is 0 Å². The fraction of sp³-hybridized carbons (Fsp3) is 0.464. The molecule has 2 N–H and O–H groups in total. The zero-order chi connectivity index (χ0) is 25.4. The maximum atomic E-state index is 12.6. The van der Waals surface area contributed by atoms with Crippen LogP contribution in [-0.4, -0.2) is 60.0 Å². The minimum atomic E-state index is -1.43. The summed E-state index contributed by atoms with van der Waals surface area (Å²) in [4.78, 5) is 16.5. The Hall–Kier alpha value is -2.23. The summed E-state index contributed by atoms with van der Waals surface area (Å²) in [6, 6.07) is 15.9. The SMILES string of the molecule is CN(CCCOc1ccc(CCO)cc1)C1CCC(OC(C(=O)O)(c2cccs2)c2cccs2)CC1. The third-order valence-electron chi connectivity index (χ3n) is 6.90. The Morgan fingerprint density at radius 1 is 1.03 bits per heavy atom. The average molecular weight is 530 g/mol. The average Bonchev–Trinajstić information content (AvgIpc) is 3.62. The fourth-order valence-corrected chi connectivity index (χ4v) is 6.69. The number of carbonyl (C=O) groups is 1. The van der Waals surface area contributed by atoms with Gasteiger partial charge < -0.3 is 24.6 Å². The molecule has 36 heavy (non-hydrogen) atoms. The van der Waals surface area contributed by atoms with E-state index in [1.807, 2.05) is 59.3 Å². The summed E-state index contributed by atoms with van der Waals surface area (Å²) in [5, 5.41) is 23.2. The first-order valence-electron chi connectivity index (χ1n) is 12.5. The number of rotatable bonds is 13. The molecule has 0 bridgehead atoms. The van der Waals surface area contributed by atoms with Gasteiger partial charge in [0.15, 0.2) is 0 Å². The van der Waals surface area contributed by atoms with E-state index < -0.39 is 11.6 Å². The Balaban J connectivity index is 1.26. The van der Waals surface area contributed by atoms with Crippen LogP contribution in [0.25, 0.3) is 0 Å². The van der Waals surface area contributed by atoms with Crippen molar-refractivity contribution in [2.45, 2.75) is 56.3 Å². The van der Waals surface area contributed by atoms with E-state index in [0.29, 0.717) is 19.1 Å². The zero-order valence-electron chi connectivity index (χ0n) is 20.7. The van der Waals surface area contributed by atoms with Gasteiger partial charge in [-0.05, 0) is 86.2 Å². The fourth-order valence-electron chi connectivity index (χ4n) is 4.88. The van der Waals surface area contributed by atoms with Gasteiger partial charge in [0.05, 0.1) is 22.5 Å². The minimum Gasteiger partial charge on any atom is -0.494 e. The Labute approximate surface area is 221 Å². The Morgan fingerprint density at radius 3 is 2.19 bits per heavy atom. The molecule has 0 spiro atoms. The topological polar surface area (TPSA) is 79.2 Å². The third-order valence-corrected chi connectivity index (χ3v) is 8.84. The van der Waals surface area contributed by atoms with Crippen molar-refractivity contribution in [1.82, 2.24) is 4.90 Å². The first kappa shape index (κ1) is 26.8. The second kappa shape index (κ2) is 12.8. The standard InChI is InChI=1S/C28H35NO5S2/c1-29(16-4-18-33-23-11-7-21(8-12-23)15-17-30)22-9-13-24(14-10-22)34-28(27(31)32,25-5-2-19-35-25)26-6-3-20-36-26/h2-3,5-8,11-12,19-20,22,24,30H,4,9-10,13-18H2,1H3,(H,31,32). The van der Waals surface area contributed by atoms with E-state index in [0.717, 1.165) is 59.7 Å². The number of carboxylic acid groups (broad SMARTS) is 1. The van der Waals surface area contributed by atoms with Gasteiger partial charge in [0.2, 0.25) is 5.60 Å². The molecule has 3 aromatic rings. The molecule has 0 atom stereocenters. The molecule has 2 aromatic heterocycles. The molecule has 0 aliphatic heterocycles. The van der Waals surface area contributed by atoms with Crippen molar-refractivity contribution in [3.05, 3.63) is 74.6 Å². The van der Waals surface area contributed by atoms with Gasteiger partial charge in [-0.2, -0.15) is 0 Å². The summed E-state index contributed by atoms with van der Waals surface area (Å²) in [6.45, 7) is 1.76. The molecule has 0 saturated heterocycles. The number of carboxylic acids is 1. The van der Waals surface area contributed by atoms with Gasteiger partial charge in [-0.3, -0.25) is 0 Å². The second-order valence-electron chi connectivity index (χ2n) is 9.29. The number of aliphatic hydroxyl groups excluding tert-OH is 1. The van der Waals surface area contributed by atoms with Crippen molar-refractivity contribution in [1.29, 1.82) is 0 Å². The number of ether oxygens (including phenoxy) is 2. The van der Waals surface area contributed by atoms with Crippen molar-refractivity contribution >= 4 is 28.6 Å². The molecule has 8 heteroatoms. The molecule has 1 aliphatic rings. The van der Waals surface area contributed by atoms with Crippen molar-refractivity contribution in [2.24, 2.45) is 0 Å². The zero-order valence-corrected chi connectivity index (χ0v) is 22.3. The molecule has 1 aromatic carbocycles. The molecule has 4 rings (SSSR count). The van der Waals surface area contributed by atoms with Crippen LogP contribution in [0.2, 0.25) is 0 Å². The third kappa shape index (κ3) is 6.36. The van der Waals surface area contributed by atoms with Crippen molar-refractivity contribution < 1.29 is 24.5 Å². The maximum absolute atomic E-state index is 12.6. The van der Waals surface area contributed by atoms with Crippen LogP contribution in [-0.2, 0) is 21.6 Å². The summed E-state index contributed by atoms with van der Waals surface area (Å²) in [7, 11) is 2.16. The largest absolute Gasteiger partial charge is 0.494 e. The van der Waals surface area contributed by atoms with Gasteiger partial charge in [-0.15, -0.1) is 22.7 Å². The lowest BCUT2D eigenvalue weighted by molar-refractivity contribution is -0.170. The summed E-state index contributed by atoms with van der Waals surface area (Å²) in [5.74, 6) is -0.0925. The molecule has 0 radical (unpaired) electrons. The van der Waals surface area contributed by atoms with Gasteiger partial charge in [0, 0.05) is 19.2 Å². The smallest absolute Gasteiger partial charge is 0.347 e. The highest BCUT2D eigenvalue weighted by Gasteiger charge is 2.48. The molecule has 2 heterocycles. The summed E-state index contributed by atoms with van der Waals surface area (Å²) in [5.41, 5.74) is -0.324. The molecule has 1 saturated carbocycles. The van der Waals surface area contributed by atoms with Crippen LogP contribution in [0.5, 0.6) is 5.75 Å². The highest BCUT2D eigenvalue weighted by Crippen LogP contribution is 2.42. The van der Waals surface area contributed by atoms with Gasteiger partial charge in [0.25, 0.3) is 0 Å². The summed E-state index contributed by atoms with van der Waals surface area (Å²) < 4.78 is 12.4. The van der Waals surface area contributed by atoms with Gasteiger partial charge in [-0.1, -0.05) is 24.3 Å². The van der Waals surface area contributed by atoms with Crippen molar-refractivity contribution in [3.63, 3.8) is 0 Å². The number of thiophene rings is 2. The molecule has 6 nitrogen and oxygen atoms in total. The highest BCUT2D eigenvalue weighted by atomic mass is 32.1. The van der Waals surface area contributed by atoms with E-state index in [4.69, 9.17) is 14.6 Å². The Kier molecular flexibility index (Phi) is 9.56. The quantitative estimate of drug-likeness (QED) is 0.289. The van der Waals surface area contributed by atoms with Crippen LogP contribution < -0.4 is 4.74 Å². The first-order valence-corrected chi connectivity index (χ1v) is 14.3. The van der Waals surface area contributed by atoms with Crippen molar-refractivity contribution in [3.8, 4) is 5.75 Å². The van der Waals surface area contributed by atoms with E-state index >= 15 is 0 Å². The number of hydrogen-bond donors (Lipinski definition) is 2. The number of aliphatic hydroxyl groups is 1. The van der Waals surface area contributed by atoms with E-state index in [2.05, 4.69) is 11.9 Å². The predicted octanol–water partition coefficient (Wildman–Crippen LogP) is 5.40. The van der Waals surface area contributed by atoms with Crippen LogP contribution >= 0.6 is 22.7 Å².